The lowest BCUT2D eigenvalue weighted by Gasteiger charge is -2.10. The van der Waals surface area contributed by atoms with E-state index in [0.717, 1.165) is 12.8 Å². The minimum Gasteiger partial charge on any atom is -0.372 e. The molecule has 1 aromatic heterocycles. The molecule has 0 aromatic carbocycles. The van der Waals surface area contributed by atoms with Crippen molar-refractivity contribution in [1.29, 1.82) is 0 Å². The van der Waals surface area contributed by atoms with Gasteiger partial charge >= 0.3 is 0 Å². The zero-order valence-electron chi connectivity index (χ0n) is 9.40. The van der Waals surface area contributed by atoms with Gasteiger partial charge in [0.2, 0.25) is 10.0 Å². The van der Waals surface area contributed by atoms with Crippen molar-refractivity contribution in [2.24, 2.45) is 5.92 Å². The van der Waals surface area contributed by atoms with Crippen molar-refractivity contribution in [2.75, 3.05) is 18.9 Å². The molecule has 1 heterocycles. The fraction of sp³-hybridized carbons (Fsp3) is 0.500. The van der Waals surface area contributed by atoms with Crippen LogP contribution in [0.3, 0.4) is 0 Å². The maximum absolute atomic E-state index is 12.1. The zero-order chi connectivity index (χ0) is 12.5. The van der Waals surface area contributed by atoms with Crippen LogP contribution in [0.15, 0.2) is 21.6 Å². The van der Waals surface area contributed by atoms with Gasteiger partial charge in [-0.25, -0.2) is 18.1 Å². The lowest BCUT2D eigenvalue weighted by Crippen LogP contribution is -2.26. The Bertz CT molecular complexity index is 514. The first-order valence-corrected chi connectivity index (χ1v) is 7.63. The Morgan fingerprint density at radius 2 is 2.24 bits per heavy atom. The number of anilines is 1. The number of nitrogens with one attached hydrogen (secondary N) is 2. The second kappa shape index (κ2) is 4.91. The highest BCUT2D eigenvalue weighted by Crippen LogP contribution is 2.29. The zero-order valence-corrected chi connectivity index (χ0v) is 11.8. The van der Waals surface area contributed by atoms with Crippen molar-refractivity contribution in [3.05, 3.63) is 16.7 Å². The Morgan fingerprint density at radius 1 is 1.53 bits per heavy atom. The van der Waals surface area contributed by atoms with Crippen molar-refractivity contribution < 1.29 is 8.42 Å². The summed E-state index contributed by atoms with van der Waals surface area (Å²) >= 11 is 3.23. The summed E-state index contributed by atoms with van der Waals surface area (Å²) in [4.78, 5) is 4.20. The van der Waals surface area contributed by atoms with E-state index in [0.29, 0.717) is 22.8 Å². The molecule has 5 nitrogen and oxygen atoms in total. The molecule has 1 fully saturated rings. The number of pyridine rings is 1. The molecule has 1 aromatic rings. The third-order valence-corrected chi connectivity index (χ3v) is 4.48. The van der Waals surface area contributed by atoms with E-state index in [-0.39, 0.29) is 4.90 Å². The highest BCUT2D eigenvalue weighted by Gasteiger charge is 2.26. The quantitative estimate of drug-likeness (QED) is 0.864. The Kier molecular flexibility index (Phi) is 3.70. The molecule has 94 valence electrons. The second-order valence-corrected chi connectivity index (χ2v) is 6.70. The summed E-state index contributed by atoms with van der Waals surface area (Å²) in [6, 6.07) is 1.55. The maximum atomic E-state index is 12.1. The van der Waals surface area contributed by atoms with E-state index in [2.05, 4.69) is 31.0 Å². The van der Waals surface area contributed by atoms with Gasteiger partial charge in [-0.05, 0) is 40.8 Å². The van der Waals surface area contributed by atoms with E-state index < -0.39 is 10.0 Å². The molecular weight excluding hydrogens is 306 g/mol. The van der Waals surface area contributed by atoms with Gasteiger partial charge in [-0.1, -0.05) is 0 Å². The number of hydrogen-bond donors (Lipinski definition) is 2. The van der Waals surface area contributed by atoms with Gasteiger partial charge in [-0.2, -0.15) is 0 Å². The monoisotopic (exact) mass is 319 g/mol. The molecule has 0 saturated heterocycles. The van der Waals surface area contributed by atoms with Gasteiger partial charge in [0.05, 0.1) is 0 Å². The smallest absolute Gasteiger partial charge is 0.244 e. The van der Waals surface area contributed by atoms with Crippen LogP contribution in [0, 0.1) is 5.92 Å². The Balaban J connectivity index is 2.26. The number of aromatic nitrogens is 1. The van der Waals surface area contributed by atoms with Crippen LogP contribution in [0.25, 0.3) is 0 Å². The van der Waals surface area contributed by atoms with Crippen LogP contribution in [0.2, 0.25) is 0 Å². The number of nitrogens with zero attached hydrogens (tertiary/aromatic N) is 1. The first kappa shape index (κ1) is 12.8. The van der Waals surface area contributed by atoms with Gasteiger partial charge in [0.15, 0.2) is 0 Å². The average molecular weight is 320 g/mol. The number of halogens is 1. The maximum Gasteiger partial charge on any atom is 0.244 e. The van der Waals surface area contributed by atoms with Gasteiger partial charge in [0.1, 0.15) is 10.7 Å². The molecule has 0 radical (unpaired) electrons. The largest absolute Gasteiger partial charge is 0.372 e. The topological polar surface area (TPSA) is 71.1 Å². The molecule has 0 bridgehead atoms. The number of sulfonamides is 1. The summed E-state index contributed by atoms with van der Waals surface area (Å²) in [5.41, 5.74) is 0. The standard InChI is InChI=1S/C10H14BrN3O2S/c1-12-10-9(4-8(11)6-13-10)17(15,16)14-5-7-2-3-7/h4,6-7,14H,2-3,5H2,1H3,(H,12,13). The normalized spacial score (nSPS) is 15.9. The molecule has 1 aliphatic rings. The fourth-order valence-corrected chi connectivity index (χ4v) is 3.23. The lowest BCUT2D eigenvalue weighted by molar-refractivity contribution is 0.577. The SMILES string of the molecule is CNc1ncc(Br)cc1S(=O)(=O)NCC1CC1. The summed E-state index contributed by atoms with van der Waals surface area (Å²) in [7, 11) is -1.84. The minimum atomic E-state index is -3.49. The Labute approximate surface area is 109 Å². The van der Waals surface area contributed by atoms with Crippen LogP contribution in [0.1, 0.15) is 12.8 Å². The molecule has 2 rings (SSSR count). The fourth-order valence-electron chi connectivity index (χ4n) is 1.44. The van der Waals surface area contributed by atoms with Gasteiger partial charge in [0, 0.05) is 24.3 Å². The highest BCUT2D eigenvalue weighted by atomic mass is 79.9. The molecule has 0 amide bonds. The predicted molar refractivity (Wildman–Crippen MR) is 69.4 cm³/mol. The van der Waals surface area contributed by atoms with E-state index in [1.165, 1.54) is 0 Å². The van der Waals surface area contributed by atoms with Crippen LogP contribution in [-0.4, -0.2) is 27.0 Å². The molecule has 1 aliphatic carbocycles. The first-order chi connectivity index (χ1) is 8.03. The molecule has 0 unspecified atom stereocenters. The van der Waals surface area contributed by atoms with Crippen LogP contribution >= 0.6 is 15.9 Å². The average Bonchev–Trinajstić information content (AvgIpc) is 3.10. The summed E-state index contributed by atoms with van der Waals surface area (Å²) in [6.45, 7) is 0.512. The van der Waals surface area contributed by atoms with Crippen molar-refractivity contribution in [3.8, 4) is 0 Å². The molecule has 0 aliphatic heterocycles. The Morgan fingerprint density at radius 3 is 2.82 bits per heavy atom. The molecular formula is C10H14BrN3O2S. The van der Waals surface area contributed by atoms with Crippen LogP contribution < -0.4 is 10.0 Å². The Hall–Kier alpha value is -0.660. The second-order valence-electron chi connectivity index (χ2n) is 4.05. The van der Waals surface area contributed by atoms with E-state index in [9.17, 15) is 8.42 Å². The van der Waals surface area contributed by atoms with Gasteiger partial charge in [-0.3, -0.25) is 0 Å². The van der Waals surface area contributed by atoms with E-state index >= 15 is 0 Å². The summed E-state index contributed by atoms with van der Waals surface area (Å²) in [5, 5.41) is 2.78. The van der Waals surface area contributed by atoms with Gasteiger partial charge in [-0.15, -0.1) is 0 Å². The molecule has 2 N–H and O–H groups in total. The molecule has 0 atom stereocenters. The molecule has 0 spiro atoms. The van der Waals surface area contributed by atoms with Crippen molar-refractivity contribution >= 4 is 31.8 Å². The molecule has 1 saturated carbocycles. The van der Waals surface area contributed by atoms with Gasteiger partial charge < -0.3 is 5.32 Å². The van der Waals surface area contributed by atoms with Crippen molar-refractivity contribution in [1.82, 2.24) is 9.71 Å². The van der Waals surface area contributed by atoms with Crippen LogP contribution in [0.4, 0.5) is 5.82 Å². The van der Waals surface area contributed by atoms with Crippen LogP contribution in [-0.2, 0) is 10.0 Å². The van der Waals surface area contributed by atoms with Crippen LogP contribution in [0.5, 0.6) is 0 Å². The third kappa shape index (κ3) is 3.17. The summed E-state index contributed by atoms with van der Waals surface area (Å²) in [5.74, 6) is 0.861. The van der Waals surface area contributed by atoms with E-state index in [1.54, 1.807) is 19.3 Å². The third-order valence-electron chi connectivity index (χ3n) is 2.60. The van der Waals surface area contributed by atoms with Crippen molar-refractivity contribution in [2.45, 2.75) is 17.7 Å². The first-order valence-electron chi connectivity index (χ1n) is 5.36. The minimum absolute atomic E-state index is 0.176. The van der Waals surface area contributed by atoms with Crippen molar-refractivity contribution in [3.63, 3.8) is 0 Å². The van der Waals surface area contributed by atoms with E-state index in [1.807, 2.05) is 0 Å². The number of hydrogen-bond acceptors (Lipinski definition) is 4. The molecule has 7 heteroatoms. The highest BCUT2D eigenvalue weighted by molar-refractivity contribution is 9.10. The van der Waals surface area contributed by atoms with E-state index in [4.69, 9.17) is 0 Å². The summed E-state index contributed by atoms with van der Waals surface area (Å²) in [6.07, 6.45) is 3.78. The summed E-state index contributed by atoms with van der Waals surface area (Å²) < 4.78 is 27.4. The number of rotatable bonds is 5. The molecule has 17 heavy (non-hydrogen) atoms. The predicted octanol–water partition coefficient (Wildman–Crippen LogP) is 1.57. The van der Waals surface area contributed by atoms with Gasteiger partial charge in [0.25, 0.3) is 0 Å². The lowest BCUT2D eigenvalue weighted by atomic mass is 10.4.